The number of carbonyl (C=O) groups excluding carboxylic acids is 2. The predicted octanol–water partition coefficient (Wildman–Crippen LogP) is 4.97. The number of aromatic nitrogens is 1. The van der Waals surface area contributed by atoms with Crippen LogP contribution >= 0.6 is 23.7 Å². The van der Waals surface area contributed by atoms with E-state index in [0.717, 1.165) is 19.3 Å². The highest BCUT2D eigenvalue weighted by molar-refractivity contribution is 7.08. The van der Waals surface area contributed by atoms with E-state index in [-0.39, 0.29) is 24.2 Å². The third-order valence-corrected chi connectivity index (χ3v) is 4.56. The van der Waals surface area contributed by atoms with Crippen molar-refractivity contribution in [3.63, 3.8) is 0 Å². The third-order valence-electron chi connectivity index (χ3n) is 3.87. The molecule has 2 aromatic heterocycles. The van der Waals surface area contributed by atoms with Crippen molar-refractivity contribution in [2.24, 2.45) is 0 Å². The molecule has 0 aliphatic carbocycles. The van der Waals surface area contributed by atoms with Crippen molar-refractivity contribution in [2.45, 2.75) is 32.6 Å². The zero-order valence-corrected chi connectivity index (χ0v) is 18.2. The number of ketones is 1. The van der Waals surface area contributed by atoms with Crippen LogP contribution in [0.15, 0.2) is 35.2 Å². The van der Waals surface area contributed by atoms with Crippen LogP contribution in [0, 0.1) is 0 Å². The van der Waals surface area contributed by atoms with Gasteiger partial charge in [-0.25, -0.2) is 0 Å². The second kappa shape index (κ2) is 13.7. The number of thiophene rings is 1. The van der Waals surface area contributed by atoms with Crippen LogP contribution in [0.5, 0.6) is 11.5 Å². The van der Waals surface area contributed by atoms with Gasteiger partial charge in [-0.1, -0.05) is 0 Å². The van der Waals surface area contributed by atoms with Crippen LogP contribution in [0.4, 0.5) is 0 Å². The van der Waals surface area contributed by atoms with Crippen molar-refractivity contribution in [1.29, 1.82) is 0 Å². The van der Waals surface area contributed by atoms with E-state index in [1.165, 1.54) is 17.4 Å². The molecule has 0 aliphatic rings. The Kier molecular flexibility index (Phi) is 11.7. The molecule has 29 heavy (non-hydrogen) atoms. The molecular weight excluding hydrogens is 414 g/mol. The molecule has 0 atom stereocenters. The first-order valence-corrected chi connectivity index (χ1v) is 10.2. The highest BCUT2D eigenvalue weighted by Gasteiger charge is 2.07. The van der Waals surface area contributed by atoms with Crippen molar-refractivity contribution in [3.05, 3.63) is 46.4 Å². The van der Waals surface area contributed by atoms with Crippen LogP contribution in [-0.4, -0.2) is 37.1 Å². The predicted molar refractivity (Wildman–Crippen MR) is 116 cm³/mol. The van der Waals surface area contributed by atoms with E-state index in [1.807, 2.05) is 10.8 Å². The number of ether oxygens (including phenoxy) is 3. The molecular formula is C21H26ClNO5S. The number of carbonyl (C=O) groups is 2. The van der Waals surface area contributed by atoms with E-state index in [2.05, 4.69) is 4.98 Å². The van der Waals surface area contributed by atoms with Gasteiger partial charge in [-0.05, 0) is 49.8 Å². The second-order valence-electron chi connectivity index (χ2n) is 5.93. The molecule has 0 bridgehead atoms. The normalized spacial score (nSPS) is 10.4. The second-order valence-corrected chi connectivity index (χ2v) is 6.71. The summed E-state index contributed by atoms with van der Waals surface area (Å²) in [5.41, 5.74) is 1.27. The van der Waals surface area contributed by atoms with Crippen molar-refractivity contribution >= 4 is 41.6 Å². The van der Waals surface area contributed by atoms with Crippen LogP contribution < -0.4 is 9.47 Å². The van der Waals surface area contributed by atoms with E-state index in [0.29, 0.717) is 42.4 Å². The Hall–Kier alpha value is -2.38. The van der Waals surface area contributed by atoms with E-state index < -0.39 is 0 Å². The Morgan fingerprint density at radius 1 is 1.21 bits per heavy atom. The Balaban J connectivity index is 0.00000420. The lowest BCUT2D eigenvalue weighted by Gasteiger charge is -2.11. The first-order valence-electron chi connectivity index (χ1n) is 9.21. The highest BCUT2D eigenvalue weighted by atomic mass is 35.5. The third kappa shape index (κ3) is 8.66. The number of hydrogen-bond donors (Lipinski definition) is 0. The maximum atomic E-state index is 12.1. The molecule has 0 saturated heterocycles. The Morgan fingerprint density at radius 2 is 2.03 bits per heavy atom. The molecule has 0 fully saturated rings. The molecule has 2 rings (SSSR count). The lowest BCUT2D eigenvalue weighted by atomic mass is 10.2. The smallest absolute Gasteiger partial charge is 0.305 e. The van der Waals surface area contributed by atoms with Gasteiger partial charge in [0.25, 0.3) is 0 Å². The topological polar surface area (TPSA) is 74.7 Å². The summed E-state index contributed by atoms with van der Waals surface area (Å²) >= 11 is 1.48. The Morgan fingerprint density at radius 3 is 2.72 bits per heavy atom. The molecule has 0 N–H and O–H groups in total. The van der Waals surface area contributed by atoms with E-state index in [1.54, 1.807) is 38.4 Å². The molecule has 2 aromatic rings. The lowest BCUT2D eigenvalue weighted by Crippen LogP contribution is -2.04. The molecule has 6 nitrogen and oxygen atoms in total. The number of esters is 1. The van der Waals surface area contributed by atoms with Crippen molar-refractivity contribution in [3.8, 4) is 11.5 Å². The van der Waals surface area contributed by atoms with Gasteiger partial charge in [-0.2, -0.15) is 11.3 Å². The molecule has 0 amide bonds. The minimum absolute atomic E-state index is 0. The molecule has 0 radical (unpaired) electrons. The van der Waals surface area contributed by atoms with Gasteiger partial charge in [0, 0.05) is 23.4 Å². The van der Waals surface area contributed by atoms with Gasteiger partial charge in [0.1, 0.15) is 0 Å². The summed E-state index contributed by atoms with van der Waals surface area (Å²) in [6.45, 7) is 2.72. The average molecular weight is 440 g/mol. The summed E-state index contributed by atoms with van der Waals surface area (Å²) in [6, 6.07) is 3.53. The van der Waals surface area contributed by atoms with Crippen LogP contribution in [0.25, 0.3) is 6.08 Å². The average Bonchev–Trinajstić information content (AvgIpc) is 3.24. The van der Waals surface area contributed by atoms with Gasteiger partial charge in [0.2, 0.25) is 0 Å². The van der Waals surface area contributed by atoms with E-state index in [4.69, 9.17) is 14.2 Å². The van der Waals surface area contributed by atoms with Crippen LogP contribution in [-0.2, 0) is 9.53 Å². The number of nitrogens with zero attached hydrogens (tertiary/aromatic N) is 1. The first-order chi connectivity index (χ1) is 13.6. The maximum Gasteiger partial charge on any atom is 0.305 e. The molecule has 0 unspecified atom stereocenters. The molecule has 0 saturated carbocycles. The minimum Gasteiger partial charge on any atom is -0.491 e. The summed E-state index contributed by atoms with van der Waals surface area (Å²) in [4.78, 5) is 27.6. The number of unbranched alkanes of at least 4 members (excludes halogenated alkanes) is 2. The van der Waals surface area contributed by atoms with Crippen LogP contribution in [0.3, 0.4) is 0 Å². The molecule has 0 spiro atoms. The summed E-state index contributed by atoms with van der Waals surface area (Å²) in [5, 5.41) is 3.68. The number of allylic oxidation sites excluding steroid dienone is 1. The number of methoxy groups -OCH3 is 1. The largest absolute Gasteiger partial charge is 0.491 e. The van der Waals surface area contributed by atoms with Gasteiger partial charge >= 0.3 is 5.97 Å². The fourth-order valence-corrected chi connectivity index (χ4v) is 3.07. The van der Waals surface area contributed by atoms with Gasteiger partial charge in [0.15, 0.2) is 17.3 Å². The van der Waals surface area contributed by atoms with Crippen molar-refractivity contribution in [1.82, 2.24) is 4.98 Å². The van der Waals surface area contributed by atoms with Crippen LogP contribution in [0.1, 0.15) is 48.7 Å². The van der Waals surface area contributed by atoms with Gasteiger partial charge in [0.05, 0.1) is 32.2 Å². The Labute approximate surface area is 181 Å². The Bertz CT molecular complexity index is 792. The summed E-state index contributed by atoms with van der Waals surface area (Å²) < 4.78 is 16.0. The maximum absolute atomic E-state index is 12.1. The van der Waals surface area contributed by atoms with Crippen molar-refractivity contribution in [2.75, 3.05) is 20.3 Å². The SMILES string of the molecule is CCOC(=O)CCCCCOc1cc(C=CC(=O)c2ccsc2)ncc1OC.Cl. The molecule has 2 heterocycles. The standard InChI is InChI=1S/C21H25NO5S.ClH/c1-3-26-21(24)7-5-4-6-11-27-19-13-17(22-14-20(19)25-2)8-9-18(23)16-10-12-28-15-16;/h8-10,12-15H,3-7,11H2,1-2H3;1H. The molecule has 8 heteroatoms. The van der Waals surface area contributed by atoms with Crippen LogP contribution in [0.2, 0.25) is 0 Å². The van der Waals surface area contributed by atoms with E-state index >= 15 is 0 Å². The number of halogens is 1. The number of rotatable bonds is 12. The zero-order valence-electron chi connectivity index (χ0n) is 16.6. The minimum atomic E-state index is -0.160. The molecule has 0 aromatic carbocycles. The van der Waals surface area contributed by atoms with Gasteiger partial charge in [-0.15, -0.1) is 12.4 Å². The zero-order chi connectivity index (χ0) is 20.2. The quantitative estimate of drug-likeness (QED) is 0.201. The van der Waals surface area contributed by atoms with Gasteiger partial charge in [-0.3, -0.25) is 14.6 Å². The van der Waals surface area contributed by atoms with Crippen molar-refractivity contribution < 1.29 is 23.8 Å². The first kappa shape index (κ1) is 24.7. The highest BCUT2D eigenvalue weighted by Crippen LogP contribution is 2.27. The molecule has 158 valence electrons. The van der Waals surface area contributed by atoms with E-state index in [9.17, 15) is 9.59 Å². The number of pyridine rings is 1. The fraction of sp³-hybridized carbons (Fsp3) is 0.381. The fourth-order valence-electron chi connectivity index (χ4n) is 2.42. The number of hydrogen-bond acceptors (Lipinski definition) is 7. The summed E-state index contributed by atoms with van der Waals surface area (Å²) in [6.07, 6.45) is 7.61. The molecule has 0 aliphatic heterocycles. The van der Waals surface area contributed by atoms with Gasteiger partial charge < -0.3 is 14.2 Å². The summed E-state index contributed by atoms with van der Waals surface area (Å²) in [5.74, 6) is 0.883. The summed E-state index contributed by atoms with van der Waals surface area (Å²) in [7, 11) is 1.55. The monoisotopic (exact) mass is 439 g/mol. The lowest BCUT2D eigenvalue weighted by molar-refractivity contribution is -0.143.